The van der Waals surface area contributed by atoms with Gasteiger partial charge in [0.25, 0.3) is 5.91 Å². The summed E-state index contributed by atoms with van der Waals surface area (Å²) in [4.78, 5) is 24.3. The Morgan fingerprint density at radius 1 is 0.852 bits per heavy atom. The summed E-state index contributed by atoms with van der Waals surface area (Å²) in [6, 6.07) is 21.0. The highest BCUT2D eigenvalue weighted by atomic mass is 16.2. The van der Waals surface area contributed by atoms with Crippen LogP contribution in [0.4, 0.5) is 11.4 Å². The van der Waals surface area contributed by atoms with Gasteiger partial charge in [-0.05, 0) is 55.0 Å². The molecule has 3 rings (SSSR count). The number of nitrogens with one attached hydrogen (secondary N) is 3. The lowest BCUT2D eigenvalue weighted by molar-refractivity contribution is -0.114. The van der Waals surface area contributed by atoms with Crippen LogP contribution in [0.15, 0.2) is 66.7 Å². The summed E-state index contributed by atoms with van der Waals surface area (Å²) in [6.45, 7) is 3.94. The number of amides is 2. The summed E-state index contributed by atoms with van der Waals surface area (Å²) in [5.74, 6) is -0.281. The summed E-state index contributed by atoms with van der Waals surface area (Å²) in [5.41, 5.74) is 2.04. The minimum atomic E-state index is -0.151. The third kappa shape index (κ3) is 5.07. The molecule has 0 fully saturated rings. The Labute approximate surface area is 158 Å². The van der Waals surface area contributed by atoms with Crippen molar-refractivity contribution in [1.29, 1.82) is 0 Å². The van der Waals surface area contributed by atoms with Gasteiger partial charge >= 0.3 is 0 Å². The molecule has 0 aromatic heterocycles. The Morgan fingerprint density at radius 2 is 1.63 bits per heavy atom. The number of hydrogen-bond acceptors (Lipinski definition) is 3. The van der Waals surface area contributed by atoms with E-state index >= 15 is 0 Å². The monoisotopic (exact) mass is 361 g/mol. The first-order valence-electron chi connectivity index (χ1n) is 8.95. The summed E-state index contributed by atoms with van der Waals surface area (Å²) >= 11 is 0. The number of anilines is 2. The first-order valence-corrected chi connectivity index (χ1v) is 8.95. The molecule has 2 amide bonds. The van der Waals surface area contributed by atoms with Gasteiger partial charge in [-0.2, -0.15) is 0 Å². The van der Waals surface area contributed by atoms with Gasteiger partial charge in [0.1, 0.15) is 0 Å². The van der Waals surface area contributed by atoms with Crippen molar-refractivity contribution in [3.63, 3.8) is 0 Å². The first-order chi connectivity index (χ1) is 13.0. The van der Waals surface area contributed by atoms with Crippen LogP contribution in [0.1, 0.15) is 24.2 Å². The molecule has 0 saturated carbocycles. The number of carbonyl (C=O) groups is 2. The molecule has 27 heavy (non-hydrogen) atoms. The fraction of sp³-hybridized carbons (Fsp3) is 0.182. The minimum absolute atomic E-state index is 0.0712. The molecule has 5 nitrogen and oxygen atoms in total. The third-order valence-electron chi connectivity index (χ3n) is 4.03. The van der Waals surface area contributed by atoms with Crippen LogP contribution in [0.5, 0.6) is 0 Å². The standard InChI is InChI=1S/C22H23N3O2/c1-15(2)24-22(27)18-8-5-9-19(13-18)23-14-21(26)25-20-11-10-16-6-3-4-7-17(16)12-20/h3-13,15,23H,14H2,1-2H3,(H,24,27)(H,25,26). The van der Waals surface area contributed by atoms with Crippen molar-refractivity contribution in [2.75, 3.05) is 17.2 Å². The van der Waals surface area contributed by atoms with E-state index in [4.69, 9.17) is 0 Å². The van der Waals surface area contributed by atoms with E-state index in [1.165, 1.54) is 0 Å². The molecule has 5 heteroatoms. The molecule has 0 radical (unpaired) electrons. The Balaban J connectivity index is 1.59. The zero-order valence-corrected chi connectivity index (χ0v) is 15.5. The molecule has 3 N–H and O–H groups in total. The van der Waals surface area contributed by atoms with Crippen LogP contribution in [-0.4, -0.2) is 24.4 Å². The first kappa shape index (κ1) is 18.5. The van der Waals surface area contributed by atoms with Gasteiger partial charge in [0.15, 0.2) is 0 Å². The summed E-state index contributed by atoms with van der Waals surface area (Å²) in [7, 11) is 0. The molecule has 0 heterocycles. The summed E-state index contributed by atoms with van der Waals surface area (Å²) < 4.78 is 0. The van der Waals surface area contributed by atoms with E-state index in [1.54, 1.807) is 18.2 Å². The average Bonchev–Trinajstić information content (AvgIpc) is 2.66. The molecule has 3 aromatic rings. The normalized spacial score (nSPS) is 10.6. The Morgan fingerprint density at radius 3 is 2.41 bits per heavy atom. The molecule has 138 valence electrons. The second kappa shape index (κ2) is 8.36. The van der Waals surface area contributed by atoms with Crippen LogP contribution >= 0.6 is 0 Å². The highest BCUT2D eigenvalue weighted by molar-refractivity contribution is 5.97. The maximum absolute atomic E-state index is 12.2. The molecule has 0 atom stereocenters. The highest BCUT2D eigenvalue weighted by Gasteiger charge is 2.08. The number of benzene rings is 3. The Hall–Kier alpha value is -3.34. The summed E-state index contributed by atoms with van der Waals surface area (Å²) in [6.07, 6.45) is 0. The van der Waals surface area contributed by atoms with Crippen LogP contribution in [0.3, 0.4) is 0 Å². The zero-order valence-electron chi connectivity index (χ0n) is 15.5. The van der Waals surface area contributed by atoms with Crippen LogP contribution < -0.4 is 16.0 Å². The molecule has 0 unspecified atom stereocenters. The largest absolute Gasteiger partial charge is 0.376 e. The van der Waals surface area contributed by atoms with E-state index in [9.17, 15) is 9.59 Å². The third-order valence-corrected chi connectivity index (χ3v) is 4.03. The van der Waals surface area contributed by atoms with E-state index in [1.807, 2.05) is 62.4 Å². The number of carbonyl (C=O) groups excluding carboxylic acids is 2. The maximum atomic E-state index is 12.2. The van der Waals surface area contributed by atoms with E-state index in [2.05, 4.69) is 16.0 Å². The average molecular weight is 361 g/mol. The Kier molecular flexibility index (Phi) is 5.71. The molecule has 0 aliphatic heterocycles. The minimum Gasteiger partial charge on any atom is -0.376 e. The van der Waals surface area contributed by atoms with Crippen LogP contribution in [0.2, 0.25) is 0 Å². The second-order valence-corrected chi connectivity index (χ2v) is 6.67. The van der Waals surface area contributed by atoms with Crippen LogP contribution in [0, 0.1) is 0 Å². The second-order valence-electron chi connectivity index (χ2n) is 6.67. The fourth-order valence-electron chi connectivity index (χ4n) is 2.77. The SMILES string of the molecule is CC(C)NC(=O)c1cccc(NCC(=O)Nc2ccc3ccccc3c2)c1. The van der Waals surface area contributed by atoms with Crippen molar-refractivity contribution < 1.29 is 9.59 Å². The Bertz CT molecular complexity index is 966. The fourth-order valence-corrected chi connectivity index (χ4v) is 2.77. The molecule has 0 bridgehead atoms. The van der Waals surface area contributed by atoms with Crippen molar-refractivity contribution in [3.8, 4) is 0 Å². The van der Waals surface area contributed by atoms with Crippen molar-refractivity contribution >= 4 is 34.0 Å². The van der Waals surface area contributed by atoms with Crippen molar-refractivity contribution in [1.82, 2.24) is 5.32 Å². The summed E-state index contributed by atoms with van der Waals surface area (Å²) in [5, 5.41) is 11.0. The van der Waals surface area contributed by atoms with Gasteiger partial charge in [-0.3, -0.25) is 9.59 Å². The van der Waals surface area contributed by atoms with Crippen LogP contribution in [0.25, 0.3) is 10.8 Å². The predicted molar refractivity (Wildman–Crippen MR) is 110 cm³/mol. The quantitative estimate of drug-likeness (QED) is 0.621. The van der Waals surface area contributed by atoms with Gasteiger partial charge in [-0.25, -0.2) is 0 Å². The number of rotatable bonds is 6. The van der Waals surface area contributed by atoms with Gasteiger partial charge in [-0.15, -0.1) is 0 Å². The van der Waals surface area contributed by atoms with Crippen LogP contribution in [-0.2, 0) is 4.79 Å². The molecular formula is C22H23N3O2. The topological polar surface area (TPSA) is 70.2 Å². The number of hydrogen-bond donors (Lipinski definition) is 3. The van der Waals surface area contributed by atoms with E-state index in [0.717, 1.165) is 22.1 Å². The molecule has 0 aliphatic carbocycles. The van der Waals surface area contributed by atoms with Gasteiger partial charge in [0, 0.05) is 23.0 Å². The van der Waals surface area contributed by atoms with E-state index < -0.39 is 0 Å². The molecule has 0 aliphatic rings. The molecule has 3 aromatic carbocycles. The predicted octanol–water partition coefficient (Wildman–Crippen LogP) is 4.03. The van der Waals surface area contributed by atoms with Gasteiger partial charge in [0.2, 0.25) is 5.91 Å². The number of fused-ring (bicyclic) bond motifs is 1. The van der Waals surface area contributed by atoms with Gasteiger partial charge in [0.05, 0.1) is 6.54 Å². The lowest BCUT2D eigenvalue weighted by Crippen LogP contribution is -2.30. The van der Waals surface area contributed by atoms with Crippen molar-refractivity contribution in [2.24, 2.45) is 0 Å². The molecule has 0 saturated heterocycles. The van der Waals surface area contributed by atoms with E-state index in [0.29, 0.717) is 5.56 Å². The smallest absolute Gasteiger partial charge is 0.251 e. The molecular weight excluding hydrogens is 338 g/mol. The maximum Gasteiger partial charge on any atom is 0.251 e. The van der Waals surface area contributed by atoms with Crippen molar-refractivity contribution in [3.05, 3.63) is 72.3 Å². The van der Waals surface area contributed by atoms with E-state index in [-0.39, 0.29) is 24.4 Å². The van der Waals surface area contributed by atoms with Crippen molar-refractivity contribution in [2.45, 2.75) is 19.9 Å². The van der Waals surface area contributed by atoms with Gasteiger partial charge in [-0.1, -0.05) is 36.4 Å². The highest BCUT2D eigenvalue weighted by Crippen LogP contribution is 2.18. The lowest BCUT2D eigenvalue weighted by Gasteiger charge is -2.11. The lowest BCUT2D eigenvalue weighted by atomic mass is 10.1. The zero-order chi connectivity index (χ0) is 19.2. The molecule has 0 spiro atoms. The van der Waals surface area contributed by atoms with Gasteiger partial charge < -0.3 is 16.0 Å².